The van der Waals surface area contributed by atoms with Gasteiger partial charge in [0.15, 0.2) is 0 Å². The molecule has 1 aliphatic heterocycles. The Balaban J connectivity index is 2.00. The van der Waals surface area contributed by atoms with E-state index in [0.29, 0.717) is 28.4 Å². The number of hydrogen-bond acceptors (Lipinski definition) is 4. The molecule has 6 nitrogen and oxygen atoms in total. The third-order valence-corrected chi connectivity index (χ3v) is 4.83. The van der Waals surface area contributed by atoms with E-state index in [1.54, 1.807) is 36.4 Å². The summed E-state index contributed by atoms with van der Waals surface area (Å²) in [5.74, 6) is -0.196. The fourth-order valence-electron chi connectivity index (χ4n) is 2.96. The van der Waals surface area contributed by atoms with E-state index in [2.05, 4.69) is 9.82 Å². The highest BCUT2D eigenvalue weighted by atomic mass is 35.5. The predicted octanol–water partition coefficient (Wildman–Crippen LogP) is 3.41. The van der Waals surface area contributed by atoms with Gasteiger partial charge in [0, 0.05) is 23.9 Å². The maximum atomic E-state index is 12.1. The van der Waals surface area contributed by atoms with Gasteiger partial charge in [-0.3, -0.25) is 9.52 Å². The Hall–Kier alpha value is -2.38. The number of carbonyl (C=O) groups is 1. The van der Waals surface area contributed by atoms with E-state index in [4.69, 9.17) is 11.6 Å². The number of hydrazone groups is 1. The lowest BCUT2D eigenvalue weighted by Gasteiger charge is -2.20. The van der Waals surface area contributed by atoms with Gasteiger partial charge in [0.1, 0.15) is 0 Å². The molecule has 8 heteroatoms. The summed E-state index contributed by atoms with van der Waals surface area (Å²) in [5.41, 5.74) is 2.59. The molecule has 1 heterocycles. The summed E-state index contributed by atoms with van der Waals surface area (Å²) in [6.07, 6.45) is 1.55. The van der Waals surface area contributed by atoms with Crippen LogP contribution in [-0.2, 0) is 14.8 Å². The molecule has 0 saturated heterocycles. The molecule has 1 N–H and O–H groups in total. The Morgan fingerprint density at radius 1 is 1.23 bits per heavy atom. The first-order chi connectivity index (χ1) is 12.2. The van der Waals surface area contributed by atoms with Crippen molar-refractivity contribution in [3.63, 3.8) is 0 Å². The summed E-state index contributed by atoms with van der Waals surface area (Å²) in [6.45, 7) is 1.45. The number of halogens is 1. The monoisotopic (exact) mass is 391 g/mol. The van der Waals surface area contributed by atoms with Gasteiger partial charge < -0.3 is 0 Å². The number of benzene rings is 2. The second kappa shape index (κ2) is 7.09. The highest BCUT2D eigenvalue weighted by molar-refractivity contribution is 7.92. The van der Waals surface area contributed by atoms with E-state index >= 15 is 0 Å². The molecule has 0 aromatic heterocycles. The SMILES string of the molecule is CC(=O)N1N=C(c2ccccc2NS(C)(=O)=O)CC1c1cccc(Cl)c1. The summed E-state index contributed by atoms with van der Waals surface area (Å²) in [5, 5.41) is 6.46. The molecule has 136 valence electrons. The highest BCUT2D eigenvalue weighted by Gasteiger charge is 2.32. The number of hydrogen-bond donors (Lipinski definition) is 1. The van der Waals surface area contributed by atoms with Crippen molar-refractivity contribution in [2.45, 2.75) is 19.4 Å². The molecular weight excluding hydrogens is 374 g/mol. The van der Waals surface area contributed by atoms with Crippen molar-refractivity contribution in [1.29, 1.82) is 0 Å². The maximum absolute atomic E-state index is 12.1. The number of rotatable bonds is 4. The first-order valence-electron chi connectivity index (χ1n) is 7.94. The number of para-hydroxylation sites is 1. The van der Waals surface area contributed by atoms with Crippen LogP contribution in [0, 0.1) is 0 Å². The van der Waals surface area contributed by atoms with Crippen molar-refractivity contribution in [2.75, 3.05) is 11.0 Å². The van der Waals surface area contributed by atoms with E-state index in [-0.39, 0.29) is 11.9 Å². The normalized spacial score (nSPS) is 17.1. The van der Waals surface area contributed by atoms with Crippen LogP contribution in [0.4, 0.5) is 5.69 Å². The molecule has 1 amide bonds. The van der Waals surface area contributed by atoms with Gasteiger partial charge in [0.25, 0.3) is 0 Å². The Kier molecular flexibility index (Phi) is 5.02. The van der Waals surface area contributed by atoms with Gasteiger partial charge in [0.05, 0.1) is 23.7 Å². The van der Waals surface area contributed by atoms with Crippen molar-refractivity contribution in [2.24, 2.45) is 5.10 Å². The number of anilines is 1. The molecule has 0 spiro atoms. The summed E-state index contributed by atoms with van der Waals surface area (Å²) in [4.78, 5) is 12.1. The molecule has 3 rings (SSSR count). The molecular formula is C18H18ClN3O3S. The van der Waals surface area contributed by atoms with Crippen LogP contribution in [0.3, 0.4) is 0 Å². The maximum Gasteiger partial charge on any atom is 0.240 e. The van der Waals surface area contributed by atoms with Crippen LogP contribution in [0.1, 0.15) is 30.5 Å². The summed E-state index contributed by atoms with van der Waals surface area (Å²) in [6, 6.07) is 14.0. The van der Waals surface area contributed by atoms with Crippen LogP contribution in [0.5, 0.6) is 0 Å². The van der Waals surface area contributed by atoms with E-state index in [0.717, 1.165) is 11.8 Å². The van der Waals surface area contributed by atoms with Gasteiger partial charge in [0.2, 0.25) is 15.9 Å². The molecule has 0 radical (unpaired) electrons. The molecule has 2 aromatic rings. The molecule has 0 saturated carbocycles. The Bertz CT molecular complexity index is 989. The fraction of sp³-hybridized carbons (Fsp3) is 0.222. The van der Waals surface area contributed by atoms with Crippen LogP contribution in [-0.4, -0.2) is 31.3 Å². The van der Waals surface area contributed by atoms with Crippen molar-refractivity contribution in [1.82, 2.24) is 5.01 Å². The molecule has 2 aromatic carbocycles. The van der Waals surface area contributed by atoms with Crippen LogP contribution >= 0.6 is 11.6 Å². The average molecular weight is 392 g/mol. The summed E-state index contributed by atoms with van der Waals surface area (Å²) in [7, 11) is -3.43. The van der Waals surface area contributed by atoms with Crippen LogP contribution in [0.25, 0.3) is 0 Å². The number of carbonyl (C=O) groups excluding carboxylic acids is 1. The fourth-order valence-corrected chi connectivity index (χ4v) is 3.74. The minimum atomic E-state index is -3.43. The van der Waals surface area contributed by atoms with E-state index < -0.39 is 10.0 Å². The topological polar surface area (TPSA) is 78.8 Å². The van der Waals surface area contributed by atoms with Gasteiger partial charge >= 0.3 is 0 Å². The van der Waals surface area contributed by atoms with Crippen LogP contribution in [0.2, 0.25) is 5.02 Å². The molecule has 1 aliphatic rings. The smallest absolute Gasteiger partial charge is 0.240 e. The number of amides is 1. The zero-order chi connectivity index (χ0) is 18.9. The number of nitrogens with zero attached hydrogens (tertiary/aromatic N) is 2. The lowest BCUT2D eigenvalue weighted by atomic mass is 9.97. The molecule has 26 heavy (non-hydrogen) atoms. The van der Waals surface area contributed by atoms with Gasteiger partial charge in [-0.2, -0.15) is 5.10 Å². The predicted molar refractivity (Wildman–Crippen MR) is 103 cm³/mol. The molecule has 0 bridgehead atoms. The van der Waals surface area contributed by atoms with Crippen LogP contribution < -0.4 is 4.72 Å². The molecule has 1 unspecified atom stereocenters. The zero-order valence-corrected chi connectivity index (χ0v) is 15.9. The van der Waals surface area contributed by atoms with Gasteiger partial charge in [-0.25, -0.2) is 13.4 Å². The summed E-state index contributed by atoms with van der Waals surface area (Å²) >= 11 is 6.08. The lowest BCUT2D eigenvalue weighted by Crippen LogP contribution is -2.24. The quantitative estimate of drug-likeness (QED) is 0.867. The van der Waals surface area contributed by atoms with E-state index in [9.17, 15) is 13.2 Å². The van der Waals surface area contributed by atoms with Crippen molar-refractivity contribution >= 4 is 38.9 Å². The Labute approximate surface area is 157 Å². The third-order valence-electron chi connectivity index (χ3n) is 4.00. The standard InChI is InChI=1S/C18H18ClN3O3S/c1-12(23)22-18(13-6-5-7-14(19)10-13)11-17(20-22)15-8-3-4-9-16(15)21-26(2,24)25/h3-10,18,21H,11H2,1-2H3. The second-order valence-electron chi connectivity index (χ2n) is 6.11. The highest BCUT2D eigenvalue weighted by Crippen LogP contribution is 2.35. The van der Waals surface area contributed by atoms with Gasteiger partial charge in [-0.15, -0.1) is 0 Å². The average Bonchev–Trinajstić information content (AvgIpc) is 2.99. The largest absolute Gasteiger partial charge is 0.283 e. The van der Waals surface area contributed by atoms with E-state index in [1.165, 1.54) is 11.9 Å². The molecule has 1 atom stereocenters. The molecule has 0 aliphatic carbocycles. The van der Waals surface area contributed by atoms with Gasteiger partial charge in [-0.1, -0.05) is 41.9 Å². The van der Waals surface area contributed by atoms with Crippen molar-refractivity contribution in [3.8, 4) is 0 Å². The third kappa shape index (κ3) is 4.05. The lowest BCUT2D eigenvalue weighted by molar-refractivity contribution is -0.130. The summed E-state index contributed by atoms with van der Waals surface area (Å²) < 4.78 is 25.8. The minimum Gasteiger partial charge on any atom is -0.283 e. The first kappa shape index (κ1) is 18.4. The van der Waals surface area contributed by atoms with Crippen LogP contribution in [0.15, 0.2) is 53.6 Å². The first-order valence-corrected chi connectivity index (χ1v) is 10.2. The number of sulfonamides is 1. The minimum absolute atomic E-state index is 0.196. The Morgan fingerprint density at radius 2 is 1.96 bits per heavy atom. The molecule has 0 fully saturated rings. The van der Waals surface area contributed by atoms with E-state index in [1.807, 2.05) is 12.1 Å². The Morgan fingerprint density at radius 3 is 2.62 bits per heavy atom. The number of nitrogens with one attached hydrogen (secondary N) is 1. The zero-order valence-electron chi connectivity index (χ0n) is 14.3. The van der Waals surface area contributed by atoms with Crippen molar-refractivity contribution in [3.05, 3.63) is 64.7 Å². The second-order valence-corrected chi connectivity index (χ2v) is 8.29. The van der Waals surface area contributed by atoms with Crippen molar-refractivity contribution < 1.29 is 13.2 Å². The van der Waals surface area contributed by atoms with Gasteiger partial charge in [-0.05, 0) is 23.8 Å².